The number of rotatable bonds is 7. The number of thioether (sulfide) groups is 1. The summed E-state index contributed by atoms with van der Waals surface area (Å²) < 4.78 is 1.60. The molecule has 0 saturated carbocycles. The van der Waals surface area contributed by atoms with Crippen LogP contribution in [0.3, 0.4) is 0 Å². The van der Waals surface area contributed by atoms with Gasteiger partial charge in [-0.3, -0.25) is 14.2 Å². The minimum absolute atomic E-state index is 0.128. The van der Waals surface area contributed by atoms with Crippen LogP contribution >= 0.6 is 11.8 Å². The zero-order valence-corrected chi connectivity index (χ0v) is 20.8. The van der Waals surface area contributed by atoms with Crippen molar-refractivity contribution in [3.63, 3.8) is 0 Å². The van der Waals surface area contributed by atoms with Gasteiger partial charge in [-0.05, 0) is 60.2 Å². The fraction of sp³-hybridized carbons (Fsp3) is 0.250. The number of carbonyl (C=O) groups excluding carboxylic acids is 1. The Kier molecular flexibility index (Phi) is 7.17. The maximum absolute atomic E-state index is 13.4. The first kappa shape index (κ1) is 23.8. The molecule has 1 N–H and O–H groups in total. The standard InChI is InChI=1S/C28H29N3O2S/c1-5-20-13-15-21(16-14-20)31-27(33)23-10-6-7-12-24(23)29-28(31)34-17-25(32)30-26-19(4)9-8-11-22(26)18(2)3/h6-16,18H,5,17H2,1-4H3,(H,30,32). The molecular formula is C28H29N3O2S. The number of hydrogen-bond acceptors (Lipinski definition) is 4. The average Bonchev–Trinajstić information content (AvgIpc) is 2.84. The topological polar surface area (TPSA) is 64.0 Å². The van der Waals surface area contributed by atoms with Crippen LogP contribution in [0.25, 0.3) is 16.6 Å². The zero-order chi connectivity index (χ0) is 24.2. The highest BCUT2D eigenvalue weighted by Gasteiger charge is 2.16. The monoisotopic (exact) mass is 471 g/mol. The van der Waals surface area contributed by atoms with Crippen molar-refractivity contribution in [3.05, 3.63) is 93.8 Å². The van der Waals surface area contributed by atoms with Crippen LogP contribution in [0.5, 0.6) is 0 Å². The van der Waals surface area contributed by atoms with Crippen LogP contribution in [0, 0.1) is 6.92 Å². The lowest BCUT2D eigenvalue weighted by molar-refractivity contribution is -0.113. The number of hydrogen-bond donors (Lipinski definition) is 1. The van der Waals surface area contributed by atoms with Gasteiger partial charge in [0.15, 0.2) is 5.16 Å². The Morgan fingerprint density at radius 1 is 1.03 bits per heavy atom. The van der Waals surface area contributed by atoms with Gasteiger partial charge in [0.2, 0.25) is 5.91 Å². The molecule has 34 heavy (non-hydrogen) atoms. The third-order valence-electron chi connectivity index (χ3n) is 5.87. The predicted octanol–water partition coefficient (Wildman–Crippen LogP) is 6.11. The normalized spacial score (nSPS) is 11.2. The molecule has 0 fully saturated rings. The first-order chi connectivity index (χ1) is 16.4. The Morgan fingerprint density at radius 2 is 1.76 bits per heavy atom. The van der Waals surface area contributed by atoms with Crippen molar-refractivity contribution in [1.82, 2.24) is 9.55 Å². The second-order valence-corrected chi connectivity index (χ2v) is 9.55. The average molecular weight is 472 g/mol. The summed E-state index contributed by atoms with van der Waals surface area (Å²) in [7, 11) is 0. The Hall–Kier alpha value is -3.38. The molecule has 1 aromatic heterocycles. The largest absolute Gasteiger partial charge is 0.325 e. The smallest absolute Gasteiger partial charge is 0.266 e. The lowest BCUT2D eigenvalue weighted by Gasteiger charge is -2.17. The van der Waals surface area contributed by atoms with Gasteiger partial charge in [0, 0.05) is 5.69 Å². The third kappa shape index (κ3) is 4.92. The number of carbonyl (C=O) groups is 1. The van der Waals surface area contributed by atoms with E-state index in [9.17, 15) is 9.59 Å². The van der Waals surface area contributed by atoms with Crippen LogP contribution in [-0.4, -0.2) is 21.2 Å². The van der Waals surface area contributed by atoms with E-state index in [-0.39, 0.29) is 17.2 Å². The van der Waals surface area contributed by atoms with E-state index in [0.29, 0.717) is 22.0 Å². The first-order valence-corrected chi connectivity index (χ1v) is 12.5. The van der Waals surface area contributed by atoms with Gasteiger partial charge < -0.3 is 5.32 Å². The number of aromatic nitrogens is 2. The maximum atomic E-state index is 13.4. The molecule has 0 aliphatic carbocycles. The van der Waals surface area contributed by atoms with Crippen LogP contribution in [0.1, 0.15) is 43.4 Å². The fourth-order valence-electron chi connectivity index (χ4n) is 3.97. The first-order valence-electron chi connectivity index (χ1n) is 11.5. The summed E-state index contributed by atoms with van der Waals surface area (Å²) in [6.07, 6.45) is 0.921. The van der Waals surface area contributed by atoms with E-state index >= 15 is 0 Å². The number of anilines is 1. The molecule has 4 rings (SSSR count). The summed E-state index contributed by atoms with van der Waals surface area (Å²) in [6.45, 7) is 8.32. The molecule has 0 bridgehead atoms. The van der Waals surface area contributed by atoms with Gasteiger partial charge in [-0.25, -0.2) is 4.98 Å². The number of nitrogens with one attached hydrogen (secondary N) is 1. The van der Waals surface area contributed by atoms with Gasteiger partial charge in [0.25, 0.3) is 5.56 Å². The van der Waals surface area contributed by atoms with E-state index in [1.807, 2.05) is 67.6 Å². The van der Waals surface area contributed by atoms with E-state index in [1.54, 1.807) is 10.6 Å². The molecule has 6 heteroatoms. The van der Waals surface area contributed by atoms with Crippen molar-refractivity contribution < 1.29 is 4.79 Å². The molecule has 174 valence electrons. The Balaban J connectivity index is 1.67. The van der Waals surface area contributed by atoms with Gasteiger partial charge >= 0.3 is 0 Å². The molecule has 0 aliphatic heterocycles. The van der Waals surface area contributed by atoms with Crippen molar-refractivity contribution in [2.75, 3.05) is 11.1 Å². The van der Waals surface area contributed by atoms with Gasteiger partial charge in [-0.15, -0.1) is 0 Å². The highest BCUT2D eigenvalue weighted by atomic mass is 32.2. The molecule has 1 heterocycles. The quantitative estimate of drug-likeness (QED) is 0.261. The summed E-state index contributed by atoms with van der Waals surface area (Å²) in [5.41, 5.74) is 5.41. The SMILES string of the molecule is CCc1ccc(-n2c(SCC(=O)Nc3c(C)cccc3C(C)C)nc3ccccc3c2=O)cc1. The van der Waals surface area contributed by atoms with Crippen molar-refractivity contribution >= 4 is 34.3 Å². The molecular weight excluding hydrogens is 442 g/mol. The number of fused-ring (bicyclic) bond motifs is 1. The highest BCUT2D eigenvalue weighted by molar-refractivity contribution is 7.99. The van der Waals surface area contributed by atoms with Crippen LogP contribution < -0.4 is 10.9 Å². The molecule has 0 saturated heterocycles. The summed E-state index contributed by atoms with van der Waals surface area (Å²) >= 11 is 1.27. The molecule has 0 spiro atoms. The van der Waals surface area contributed by atoms with Crippen LogP contribution in [-0.2, 0) is 11.2 Å². The lowest BCUT2D eigenvalue weighted by atomic mass is 9.98. The Labute approximate surface area is 204 Å². The number of benzene rings is 3. The van der Waals surface area contributed by atoms with Gasteiger partial charge in [-0.1, -0.05) is 75.0 Å². The minimum Gasteiger partial charge on any atom is -0.325 e. The molecule has 0 radical (unpaired) electrons. The van der Waals surface area contributed by atoms with Crippen molar-refractivity contribution in [2.24, 2.45) is 0 Å². The van der Waals surface area contributed by atoms with Gasteiger partial charge in [0.1, 0.15) is 0 Å². The Morgan fingerprint density at radius 3 is 2.47 bits per heavy atom. The molecule has 5 nitrogen and oxygen atoms in total. The molecule has 4 aromatic rings. The molecule has 0 aliphatic rings. The van der Waals surface area contributed by atoms with Crippen molar-refractivity contribution in [1.29, 1.82) is 0 Å². The number of para-hydroxylation sites is 2. The summed E-state index contributed by atoms with van der Waals surface area (Å²) in [4.78, 5) is 31.1. The third-order valence-corrected chi connectivity index (χ3v) is 6.81. The zero-order valence-electron chi connectivity index (χ0n) is 20.0. The summed E-state index contributed by atoms with van der Waals surface area (Å²) in [5.74, 6) is 0.307. The van der Waals surface area contributed by atoms with E-state index in [4.69, 9.17) is 4.98 Å². The predicted molar refractivity (Wildman–Crippen MR) is 141 cm³/mol. The van der Waals surface area contributed by atoms with Crippen LogP contribution in [0.15, 0.2) is 76.7 Å². The van der Waals surface area contributed by atoms with Crippen LogP contribution in [0.4, 0.5) is 5.69 Å². The number of nitrogens with zero attached hydrogens (tertiary/aromatic N) is 2. The minimum atomic E-state index is -0.140. The molecule has 1 amide bonds. The van der Waals surface area contributed by atoms with Crippen LogP contribution in [0.2, 0.25) is 0 Å². The number of aryl methyl sites for hydroxylation is 2. The summed E-state index contributed by atoms with van der Waals surface area (Å²) in [5, 5.41) is 4.13. The molecule has 0 unspecified atom stereocenters. The molecule has 3 aromatic carbocycles. The van der Waals surface area contributed by atoms with E-state index in [2.05, 4.69) is 26.1 Å². The van der Waals surface area contributed by atoms with E-state index in [1.165, 1.54) is 17.3 Å². The number of amides is 1. The fourth-order valence-corrected chi connectivity index (χ4v) is 4.78. The lowest BCUT2D eigenvalue weighted by Crippen LogP contribution is -2.23. The van der Waals surface area contributed by atoms with E-state index in [0.717, 1.165) is 28.9 Å². The Bertz CT molecular complexity index is 1390. The van der Waals surface area contributed by atoms with Gasteiger partial charge in [-0.2, -0.15) is 0 Å². The van der Waals surface area contributed by atoms with Crippen molar-refractivity contribution in [3.8, 4) is 5.69 Å². The van der Waals surface area contributed by atoms with Gasteiger partial charge in [0.05, 0.1) is 22.3 Å². The second-order valence-electron chi connectivity index (χ2n) is 8.60. The second kappa shape index (κ2) is 10.3. The maximum Gasteiger partial charge on any atom is 0.266 e. The molecule has 0 atom stereocenters. The summed E-state index contributed by atoms with van der Waals surface area (Å²) in [6, 6.07) is 21.3. The van der Waals surface area contributed by atoms with Crippen molar-refractivity contribution in [2.45, 2.75) is 45.2 Å². The highest BCUT2D eigenvalue weighted by Crippen LogP contribution is 2.28. The van der Waals surface area contributed by atoms with E-state index < -0.39 is 0 Å².